The van der Waals surface area contributed by atoms with E-state index in [1.54, 1.807) is 11.3 Å². The van der Waals surface area contributed by atoms with Gasteiger partial charge in [0.05, 0.1) is 21.3 Å². The summed E-state index contributed by atoms with van der Waals surface area (Å²) >= 11 is 3.57. The molecule has 1 aromatic rings. The second-order valence-electron chi connectivity index (χ2n) is 4.50. The number of hydrogen-bond acceptors (Lipinski definition) is 5. The minimum atomic E-state index is -0.635. The Morgan fingerprint density at radius 2 is 2.33 bits per heavy atom. The Balaban J connectivity index is 1.65. The molecule has 1 N–H and O–H groups in total. The molecule has 0 amide bonds. The molecule has 1 fully saturated rings. The van der Waals surface area contributed by atoms with Crippen LogP contribution < -0.4 is 0 Å². The number of rotatable bonds is 5. The molecule has 0 atom stereocenters. The molecule has 1 saturated heterocycles. The molecule has 100 valence electrons. The van der Waals surface area contributed by atoms with Gasteiger partial charge in [-0.1, -0.05) is 0 Å². The van der Waals surface area contributed by atoms with Crippen LogP contribution in [0.1, 0.15) is 17.8 Å². The molecule has 0 saturated carbocycles. The maximum atomic E-state index is 10.8. The fraction of sp³-hybridized carbons (Fsp3) is 0.667. The SMILES string of the molecule is Cc1ncc(SCCN2CCC(C(=O)O)CC2)s1. The van der Waals surface area contributed by atoms with Crippen LogP contribution in [-0.2, 0) is 4.79 Å². The Morgan fingerprint density at radius 1 is 1.61 bits per heavy atom. The lowest BCUT2D eigenvalue weighted by molar-refractivity contribution is -0.143. The van der Waals surface area contributed by atoms with Gasteiger partial charge >= 0.3 is 5.97 Å². The molecule has 0 aliphatic carbocycles. The standard InChI is InChI=1S/C12H18N2O2S2/c1-9-13-8-11(18-9)17-7-6-14-4-2-10(3-5-14)12(15)16/h8,10H,2-7H2,1H3,(H,15,16). The number of thioether (sulfide) groups is 1. The third-order valence-electron chi connectivity index (χ3n) is 3.19. The largest absolute Gasteiger partial charge is 0.481 e. The summed E-state index contributed by atoms with van der Waals surface area (Å²) in [6, 6.07) is 0. The van der Waals surface area contributed by atoms with Gasteiger partial charge in [-0.25, -0.2) is 4.98 Å². The molecule has 0 bridgehead atoms. The summed E-state index contributed by atoms with van der Waals surface area (Å²) in [4.78, 5) is 17.4. The number of carboxylic acid groups (broad SMARTS) is 1. The molecule has 18 heavy (non-hydrogen) atoms. The van der Waals surface area contributed by atoms with Crippen molar-refractivity contribution in [2.45, 2.75) is 24.0 Å². The van der Waals surface area contributed by atoms with Crippen molar-refractivity contribution in [1.82, 2.24) is 9.88 Å². The zero-order chi connectivity index (χ0) is 13.0. The zero-order valence-corrected chi connectivity index (χ0v) is 12.1. The maximum absolute atomic E-state index is 10.8. The van der Waals surface area contributed by atoms with E-state index in [-0.39, 0.29) is 5.92 Å². The van der Waals surface area contributed by atoms with Gasteiger partial charge in [0, 0.05) is 12.3 Å². The Hall–Kier alpha value is -0.590. The Morgan fingerprint density at radius 3 is 2.89 bits per heavy atom. The van der Waals surface area contributed by atoms with Crippen molar-refractivity contribution in [3.8, 4) is 0 Å². The first-order valence-electron chi connectivity index (χ1n) is 6.15. The van der Waals surface area contributed by atoms with Gasteiger partial charge in [-0.3, -0.25) is 4.79 Å². The molecular formula is C12H18N2O2S2. The molecule has 2 rings (SSSR count). The minimum absolute atomic E-state index is 0.127. The average molecular weight is 286 g/mol. The Bertz CT molecular complexity index is 401. The third-order valence-corrected chi connectivity index (χ3v) is 5.28. The quantitative estimate of drug-likeness (QED) is 0.842. The molecule has 0 spiro atoms. The lowest BCUT2D eigenvalue weighted by Gasteiger charge is -2.29. The first kappa shape index (κ1) is 13.8. The van der Waals surface area contributed by atoms with E-state index in [2.05, 4.69) is 9.88 Å². The van der Waals surface area contributed by atoms with Crippen molar-refractivity contribution in [3.63, 3.8) is 0 Å². The molecule has 0 unspecified atom stereocenters. The summed E-state index contributed by atoms with van der Waals surface area (Å²) in [5.41, 5.74) is 0. The van der Waals surface area contributed by atoms with Crippen LogP contribution in [-0.4, -0.2) is 46.3 Å². The van der Waals surface area contributed by atoms with Crippen molar-refractivity contribution in [2.75, 3.05) is 25.4 Å². The van der Waals surface area contributed by atoms with Gasteiger partial charge in [-0.2, -0.15) is 0 Å². The highest BCUT2D eigenvalue weighted by atomic mass is 32.2. The highest BCUT2D eigenvalue weighted by Crippen LogP contribution is 2.25. The van der Waals surface area contributed by atoms with Crippen LogP contribution in [0.2, 0.25) is 0 Å². The monoisotopic (exact) mass is 286 g/mol. The van der Waals surface area contributed by atoms with Crippen molar-refractivity contribution >= 4 is 29.1 Å². The molecule has 0 aromatic carbocycles. The van der Waals surface area contributed by atoms with Gasteiger partial charge in [0.15, 0.2) is 0 Å². The van der Waals surface area contributed by atoms with Crippen LogP contribution in [0.25, 0.3) is 0 Å². The summed E-state index contributed by atoms with van der Waals surface area (Å²) in [7, 11) is 0. The number of thiazole rings is 1. The smallest absolute Gasteiger partial charge is 0.306 e. The number of carboxylic acids is 1. The fourth-order valence-electron chi connectivity index (χ4n) is 2.09. The average Bonchev–Trinajstić information content (AvgIpc) is 2.76. The highest BCUT2D eigenvalue weighted by Gasteiger charge is 2.23. The Kier molecular flexibility index (Phi) is 5.03. The fourth-order valence-corrected chi connectivity index (χ4v) is 4.11. The number of hydrogen-bond donors (Lipinski definition) is 1. The second kappa shape index (κ2) is 6.54. The first-order chi connectivity index (χ1) is 8.65. The summed E-state index contributed by atoms with van der Waals surface area (Å²) in [6.07, 6.45) is 3.51. The summed E-state index contributed by atoms with van der Waals surface area (Å²) in [5.74, 6) is 0.293. The second-order valence-corrected chi connectivity index (χ2v) is 7.13. The van der Waals surface area contributed by atoms with Crippen LogP contribution in [0.15, 0.2) is 10.4 Å². The number of aromatic nitrogens is 1. The van der Waals surface area contributed by atoms with Crippen molar-refractivity contribution in [2.24, 2.45) is 5.92 Å². The number of carbonyl (C=O) groups is 1. The number of likely N-dealkylation sites (tertiary alicyclic amines) is 1. The molecule has 1 aliphatic rings. The number of nitrogens with zero attached hydrogens (tertiary/aromatic N) is 2. The maximum Gasteiger partial charge on any atom is 0.306 e. The normalized spacial score (nSPS) is 18.1. The number of aliphatic carboxylic acids is 1. The molecule has 4 nitrogen and oxygen atoms in total. The van der Waals surface area contributed by atoms with E-state index < -0.39 is 5.97 Å². The minimum Gasteiger partial charge on any atom is -0.481 e. The van der Waals surface area contributed by atoms with Crippen LogP contribution in [0, 0.1) is 12.8 Å². The van der Waals surface area contributed by atoms with Gasteiger partial charge in [0.1, 0.15) is 0 Å². The molecule has 1 aromatic heterocycles. The predicted molar refractivity (Wildman–Crippen MR) is 74.4 cm³/mol. The third kappa shape index (κ3) is 3.96. The molecule has 1 aliphatic heterocycles. The Labute approximate surface area is 115 Å². The highest BCUT2D eigenvalue weighted by molar-refractivity contribution is 8.01. The molecule has 0 radical (unpaired) electrons. The van der Waals surface area contributed by atoms with E-state index in [1.807, 2.05) is 24.9 Å². The summed E-state index contributed by atoms with van der Waals surface area (Å²) in [5, 5.41) is 10.0. The van der Waals surface area contributed by atoms with Crippen LogP contribution >= 0.6 is 23.1 Å². The topological polar surface area (TPSA) is 53.4 Å². The van der Waals surface area contributed by atoms with Gasteiger partial charge in [0.2, 0.25) is 0 Å². The van der Waals surface area contributed by atoms with Gasteiger partial charge in [-0.15, -0.1) is 23.1 Å². The predicted octanol–water partition coefficient (Wildman–Crippen LogP) is 2.34. The molecular weight excluding hydrogens is 268 g/mol. The van der Waals surface area contributed by atoms with E-state index in [4.69, 9.17) is 5.11 Å². The van der Waals surface area contributed by atoms with E-state index in [1.165, 1.54) is 4.21 Å². The molecule has 6 heteroatoms. The summed E-state index contributed by atoms with van der Waals surface area (Å²) in [6.45, 7) is 4.89. The lowest BCUT2D eigenvalue weighted by atomic mass is 9.97. The van der Waals surface area contributed by atoms with E-state index in [0.29, 0.717) is 0 Å². The first-order valence-corrected chi connectivity index (χ1v) is 7.96. The van der Waals surface area contributed by atoms with Gasteiger partial charge in [0.25, 0.3) is 0 Å². The zero-order valence-electron chi connectivity index (χ0n) is 10.5. The number of piperidine rings is 1. The van der Waals surface area contributed by atoms with Crippen LogP contribution in [0.3, 0.4) is 0 Å². The molecule has 2 heterocycles. The van der Waals surface area contributed by atoms with E-state index in [0.717, 1.165) is 43.2 Å². The van der Waals surface area contributed by atoms with Crippen LogP contribution in [0.5, 0.6) is 0 Å². The lowest BCUT2D eigenvalue weighted by Crippen LogP contribution is -2.37. The van der Waals surface area contributed by atoms with Crippen molar-refractivity contribution in [1.29, 1.82) is 0 Å². The van der Waals surface area contributed by atoms with Crippen LogP contribution in [0.4, 0.5) is 0 Å². The van der Waals surface area contributed by atoms with Gasteiger partial charge < -0.3 is 10.0 Å². The van der Waals surface area contributed by atoms with Crippen molar-refractivity contribution < 1.29 is 9.90 Å². The summed E-state index contributed by atoms with van der Waals surface area (Å²) < 4.78 is 1.27. The van der Waals surface area contributed by atoms with Gasteiger partial charge in [-0.05, 0) is 32.9 Å². The van der Waals surface area contributed by atoms with E-state index in [9.17, 15) is 4.79 Å². The number of aryl methyl sites for hydroxylation is 1. The van der Waals surface area contributed by atoms with Crippen molar-refractivity contribution in [3.05, 3.63) is 11.2 Å². The van der Waals surface area contributed by atoms with E-state index >= 15 is 0 Å².